The highest BCUT2D eigenvalue weighted by atomic mass is 16.3. The number of para-hydroxylation sites is 3. The summed E-state index contributed by atoms with van der Waals surface area (Å²) in [7, 11) is 0. The van der Waals surface area contributed by atoms with Gasteiger partial charge in [0, 0.05) is 30.7 Å². The van der Waals surface area contributed by atoms with Gasteiger partial charge in [-0.25, -0.2) is 0 Å². The molecule has 0 fully saturated rings. The number of hydrogen-bond donors (Lipinski definition) is 5. The standard InChI is InChI=1S/C30H32N2O3/c33-28-15-7-4-12-23(28)18-26(31-20-22-10-2-1-3-11-22)27(19-24-13-5-8-16-29(24)34)32-21-25-14-6-9-17-30(25)35/h1-17,26-27,31-35H,18-21H2. The summed E-state index contributed by atoms with van der Waals surface area (Å²) in [6.45, 7) is 1.13. The van der Waals surface area contributed by atoms with Crippen molar-refractivity contribution < 1.29 is 15.3 Å². The molecule has 0 amide bonds. The van der Waals surface area contributed by atoms with Crippen LogP contribution in [0.3, 0.4) is 0 Å². The third-order valence-corrected chi connectivity index (χ3v) is 6.31. The maximum atomic E-state index is 10.5. The summed E-state index contributed by atoms with van der Waals surface area (Å²) in [6.07, 6.45) is 1.16. The van der Waals surface area contributed by atoms with E-state index in [1.807, 2.05) is 66.7 Å². The zero-order chi connectivity index (χ0) is 24.5. The van der Waals surface area contributed by atoms with Gasteiger partial charge >= 0.3 is 0 Å². The predicted molar refractivity (Wildman–Crippen MR) is 139 cm³/mol. The molecule has 2 unspecified atom stereocenters. The van der Waals surface area contributed by atoms with Crippen LogP contribution >= 0.6 is 0 Å². The van der Waals surface area contributed by atoms with E-state index in [9.17, 15) is 15.3 Å². The van der Waals surface area contributed by atoms with Crippen LogP contribution in [0.2, 0.25) is 0 Å². The molecule has 0 saturated carbocycles. The fourth-order valence-corrected chi connectivity index (χ4v) is 4.30. The number of nitrogens with one attached hydrogen (secondary N) is 2. The van der Waals surface area contributed by atoms with E-state index in [-0.39, 0.29) is 29.3 Å². The smallest absolute Gasteiger partial charge is 0.120 e. The molecule has 180 valence electrons. The van der Waals surface area contributed by atoms with Crippen molar-refractivity contribution in [3.05, 3.63) is 125 Å². The van der Waals surface area contributed by atoms with Gasteiger partial charge in [-0.2, -0.15) is 0 Å². The first kappa shape index (κ1) is 24.3. The summed E-state index contributed by atoms with van der Waals surface area (Å²) in [5.74, 6) is 0.767. The third-order valence-electron chi connectivity index (χ3n) is 6.31. The van der Waals surface area contributed by atoms with E-state index in [1.165, 1.54) is 0 Å². The number of hydrogen-bond acceptors (Lipinski definition) is 5. The van der Waals surface area contributed by atoms with Crippen molar-refractivity contribution in [1.29, 1.82) is 0 Å². The molecule has 5 N–H and O–H groups in total. The summed E-state index contributed by atoms with van der Waals surface area (Å²) in [6, 6.07) is 32.1. The molecule has 35 heavy (non-hydrogen) atoms. The van der Waals surface area contributed by atoms with Crippen LogP contribution < -0.4 is 10.6 Å². The summed E-state index contributed by atoms with van der Waals surface area (Å²) >= 11 is 0. The lowest BCUT2D eigenvalue weighted by Gasteiger charge is -2.30. The van der Waals surface area contributed by atoms with Crippen molar-refractivity contribution in [1.82, 2.24) is 10.6 Å². The molecule has 2 atom stereocenters. The largest absolute Gasteiger partial charge is 0.508 e. The summed E-state index contributed by atoms with van der Waals surface area (Å²) in [4.78, 5) is 0. The van der Waals surface area contributed by atoms with Gasteiger partial charge in [-0.05, 0) is 47.7 Å². The molecule has 4 rings (SSSR count). The highest BCUT2D eigenvalue weighted by molar-refractivity contribution is 5.35. The van der Waals surface area contributed by atoms with Gasteiger partial charge in [0.05, 0.1) is 0 Å². The summed E-state index contributed by atoms with van der Waals surface area (Å²) < 4.78 is 0. The number of rotatable bonds is 11. The normalized spacial score (nSPS) is 12.8. The van der Waals surface area contributed by atoms with Crippen molar-refractivity contribution in [2.24, 2.45) is 0 Å². The molecular weight excluding hydrogens is 436 g/mol. The Morgan fingerprint density at radius 3 is 1.34 bits per heavy atom. The first-order valence-electron chi connectivity index (χ1n) is 11.9. The van der Waals surface area contributed by atoms with E-state index in [1.54, 1.807) is 24.3 Å². The SMILES string of the molecule is Oc1ccccc1CNC(Cc1ccccc1O)C(Cc1ccccc1O)NCc1ccccc1. The number of phenols is 3. The van der Waals surface area contributed by atoms with E-state index in [0.717, 1.165) is 22.3 Å². The number of aromatic hydroxyl groups is 3. The average Bonchev–Trinajstić information content (AvgIpc) is 2.88. The molecule has 5 nitrogen and oxygen atoms in total. The van der Waals surface area contributed by atoms with E-state index < -0.39 is 0 Å². The molecule has 0 aliphatic rings. The second kappa shape index (κ2) is 12.1. The van der Waals surface area contributed by atoms with E-state index in [4.69, 9.17) is 0 Å². The highest BCUT2D eigenvalue weighted by Gasteiger charge is 2.24. The first-order chi connectivity index (χ1) is 17.1. The van der Waals surface area contributed by atoms with Crippen LogP contribution in [-0.4, -0.2) is 27.4 Å². The predicted octanol–water partition coefficient (Wildman–Crippen LogP) is 4.91. The number of benzene rings is 4. The van der Waals surface area contributed by atoms with Crippen LogP contribution in [0, 0.1) is 0 Å². The Morgan fingerprint density at radius 2 is 0.857 bits per heavy atom. The van der Waals surface area contributed by atoms with E-state index >= 15 is 0 Å². The Labute approximate surface area is 206 Å². The molecule has 4 aromatic rings. The van der Waals surface area contributed by atoms with Crippen molar-refractivity contribution in [2.45, 2.75) is 38.0 Å². The van der Waals surface area contributed by atoms with Gasteiger partial charge in [0.1, 0.15) is 17.2 Å². The van der Waals surface area contributed by atoms with Crippen LogP contribution in [-0.2, 0) is 25.9 Å². The Kier molecular flexibility index (Phi) is 8.39. The topological polar surface area (TPSA) is 84.8 Å². The zero-order valence-electron chi connectivity index (χ0n) is 19.6. The highest BCUT2D eigenvalue weighted by Crippen LogP contribution is 2.23. The molecular formula is C30H32N2O3. The lowest BCUT2D eigenvalue weighted by Crippen LogP contribution is -2.50. The van der Waals surface area contributed by atoms with Crippen molar-refractivity contribution in [3.63, 3.8) is 0 Å². The minimum Gasteiger partial charge on any atom is -0.508 e. The van der Waals surface area contributed by atoms with E-state index in [0.29, 0.717) is 25.9 Å². The average molecular weight is 469 g/mol. The van der Waals surface area contributed by atoms with E-state index in [2.05, 4.69) is 22.8 Å². The van der Waals surface area contributed by atoms with Gasteiger partial charge in [-0.15, -0.1) is 0 Å². The minimum absolute atomic E-state index is 0.0750. The van der Waals surface area contributed by atoms with Gasteiger partial charge in [0.2, 0.25) is 0 Å². The fraction of sp³-hybridized carbons (Fsp3) is 0.200. The molecule has 0 saturated heterocycles. The van der Waals surface area contributed by atoms with Crippen molar-refractivity contribution in [3.8, 4) is 17.2 Å². The van der Waals surface area contributed by atoms with Gasteiger partial charge in [0.15, 0.2) is 0 Å². The molecule has 0 aromatic heterocycles. The molecule has 0 heterocycles. The van der Waals surface area contributed by atoms with Gasteiger partial charge in [-0.1, -0.05) is 84.9 Å². The maximum Gasteiger partial charge on any atom is 0.120 e. The Balaban J connectivity index is 1.62. The molecule has 0 radical (unpaired) electrons. The molecule has 5 heteroatoms. The Bertz CT molecular complexity index is 1210. The van der Waals surface area contributed by atoms with Crippen molar-refractivity contribution >= 4 is 0 Å². The lowest BCUT2D eigenvalue weighted by molar-refractivity contribution is 0.349. The second-order valence-electron chi connectivity index (χ2n) is 8.75. The lowest BCUT2D eigenvalue weighted by atomic mass is 9.92. The van der Waals surface area contributed by atoms with Crippen LogP contribution in [0.25, 0.3) is 0 Å². The van der Waals surface area contributed by atoms with Crippen LogP contribution in [0.1, 0.15) is 22.3 Å². The first-order valence-corrected chi connectivity index (χ1v) is 11.9. The minimum atomic E-state index is -0.105. The summed E-state index contributed by atoms with van der Waals surface area (Å²) in [5.41, 5.74) is 3.66. The second-order valence-corrected chi connectivity index (χ2v) is 8.75. The molecule has 0 aliphatic carbocycles. The quantitative estimate of drug-likeness (QED) is 0.216. The third kappa shape index (κ3) is 6.85. The molecule has 0 spiro atoms. The van der Waals surface area contributed by atoms with Crippen LogP contribution in [0.15, 0.2) is 103 Å². The van der Waals surface area contributed by atoms with Crippen molar-refractivity contribution in [2.75, 3.05) is 0 Å². The monoisotopic (exact) mass is 468 g/mol. The zero-order valence-corrected chi connectivity index (χ0v) is 19.6. The number of phenolic OH excluding ortho intramolecular Hbond substituents is 3. The molecule has 0 aliphatic heterocycles. The van der Waals surface area contributed by atoms with Gasteiger partial charge in [0.25, 0.3) is 0 Å². The van der Waals surface area contributed by atoms with Crippen LogP contribution in [0.5, 0.6) is 17.2 Å². The molecule has 4 aromatic carbocycles. The fourth-order valence-electron chi connectivity index (χ4n) is 4.30. The summed E-state index contributed by atoms with van der Waals surface area (Å²) in [5, 5.41) is 38.6. The Morgan fingerprint density at radius 1 is 0.457 bits per heavy atom. The van der Waals surface area contributed by atoms with Gasteiger partial charge < -0.3 is 26.0 Å². The Hall–Kier alpha value is -3.80. The van der Waals surface area contributed by atoms with Crippen LogP contribution in [0.4, 0.5) is 0 Å². The molecule has 0 bridgehead atoms. The van der Waals surface area contributed by atoms with Gasteiger partial charge in [-0.3, -0.25) is 0 Å². The maximum absolute atomic E-state index is 10.5.